The smallest absolute Gasteiger partial charge is 0.138 e. The predicted molar refractivity (Wildman–Crippen MR) is 70.7 cm³/mol. The molecule has 0 aliphatic carbocycles. The zero-order valence-corrected chi connectivity index (χ0v) is 10.2. The van der Waals surface area contributed by atoms with Gasteiger partial charge >= 0.3 is 0 Å². The largest absolute Gasteiger partial charge is 0.469 e. The molecule has 0 spiro atoms. The van der Waals surface area contributed by atoms with Crippen molar-refractivity contribution in [2.45, 2.75) is 19.4 Å². The molecule has 0 saturated carbocycles. The number of nitrogens with one attached hydrogen (secondary N) is 1. The van der Waals surface area contributed by atoms with E-state index in [1.807, 2.05) is 40.9 Å². The number of hydrogen-bond donors (Lipinski definition) is 1. The molecule has 3 heterocycles. The molecule has 0 aliphatic heterocycles. The fourth-order valence-corrected chi connectivity index (χ4v) is 2.10. The minimum atomic E-state index is 0.296. The highest BCUT2D eigenvalue weighted by atomic mass is 16.3. The van der Waals surface area contributed by atoms with Gasteiger partial charge in [-0.05, 0) is 31.2 Å². The van der Waals surface area contributed by atoms with E-state index in [9.17, 15) is 0 Å². The first-order chi connectivity index (χ1) is 8.83. The van der Waals surface area contributed by atoms with Crippen molar-refractivity contribution in [3.63, 3.8) is 0 Å². The molecule has 3 aromatic rings. The molecule has 4 heteroatoms. The highest BCUT2D eigenvalue weighted by Crippen LogP contribution is 2.14. The van der Waals surface area contributed by atoms with E-state index in [2.05, 4.69) is 17.2 Å². The summed E-state index contributed by atoms with van der Waals surface area (Å²) in [7, 11) is 0. The summed E-state index contributed by atoms with van der Waals surface area (Å²) >= 11 is 0. The normalized spacial score (nSPS) is 12.7. The van der Waals surface area contributed by atoms with Crippen LogP contribution < -0.4 is 5.32 Å². The lowest BCUT2D eigenvalue weighted by Crippen LogP contribution is -2.19. The first-order valence-electron chi connectivity index (χ1n) is 6.04. The maximum Gasteiger partial charge on any atom is 0.138 e. The first kappa shape index (κ1) is 10.9. The van der Waals surface area contributed by atoms with Crippen LogP contribution in [0, 0.1) is 0 Å². The van der Waals surface area contributed by atoms with E-state index in [1.165, 1.54) is 0 Å². The van der Waals surface area contributed by atoms with E-state index in [0.29, 0.717) is 6.04 Å². The van der Waals surface area contributed by atoms with Crippen LogP contribution in [0.25, 0.3) is 5.65 Å². The summed E-state index contributed by atoms with van der Waals surface area (Å²) in [4.78, 5) is 4.27. The van der Waals surface area contributed by atoms with Gasteiger partial charge in [-0.3, -0.25) is 4.40 Å². The standard InChI is InChI=1S/C14H15N3O/c1-11(10-12-4-3-9-18-12)16-14-6-2-5-13-15-7-8-17(13)14/h2-9,11,16H,10H2,1H3. The van der Waals surface area contributed by atoms with Crippen LogP contribution in [-0.4, -0.2) is 15.4 Å². The van der Waals surface area contributed by atoms with Crippen molar-refractivity contribution < 1.29 is 4.42 Å². The second kappa shape index (κ2) is 4.56. The van der Waals surface area contributed by atoms with Gasteiger partial charge in [0.15, 0.2) is 0 Å². The van der Waals surface area contributed by atoms with Crippen molar-refractivity contribution in [1.82, 2.24) is 9.38 Å². The summed E-state index contributed by atoms with van der Waals surface area (Å²) in [6, 6.07) is 10.2. The number of pyridine rings is 1. The van der Waals surface area contributed by atoms with E-state index < -0.39 is 0 Å². The highest BCUT2D eigenvalue weighted by Gasteiger charge is 2.07. The molecule has 0 amide bonds. The number of nitrogens with zero attached hydrogens (tertiary/aromatic N) is 2. The molecule has 0 radical (unpaired) electrons. The van der Waals surface area contributed by atoms with Gasteiger partial charge in [-0.15, -0.1) is 0 Å². The minimum Gasteiger partial charge on any atom is -0.469 e. The molecule has 0 aromatic carbocycles. The molecule has 0 bridgehead atoms. The van der Waals surface area contributed by atoms with Crippen LogP contribution in [0.4, 0.5) is 5.82 Å². The molecule has 92 valence electrons. The van der Waals surface area contributed by atoms with Gasteiger partial charge in [0.25, 0.3) is 0 Å². The van der Waals surface area contributed by atoms with E-state index in [-0.39, 0.29) is 0 Å². The third kappa shape index (κ3) is 2.09. The number of anilines is 1. The number of hydrogen-bond acceptors (Lipinski definition) is 3. The van der Waals surface area contributed by atoms with Gasteiger partial charge in [-0.1, -0.05) is 6.07 Å². The topological polar surface area (TPSA) is 42.5 Å². The van der Waals surface area contributed by atoms with Gasteiger partial charge in [0.1, 0.15) is 17.2 Å². The average Bonchev–Trinajstić information content (AvgIpc) is 2.99. The predicted octanol–water partition coefficient (Wildman–Crippen LogP) is 2.97. The molecular formula is C14H15N3O. The Morgan fingerprint density at radius 1 is 1.33 bits per heavy atom. The zero-order valence-electron chi connectivity index (χ0n) is 10.2. The quantitative estimate of drug-likeness (QED) is 0.763. The second-order valence-corrected chi connectivity index (χ2v) is 4.40. The minimum absolute atomic E-state index is 0.296. The van der Waals surface area contributed by atoms with Crippen LogP contribution in [0.3, 0.4) is 0 Å². The van der Waals surface area contributed by atoms with Gasteiger partial charge in [-0.25, -0.2) is 4.98 Å². The van der Waals surface area contributed by atoms with E-state index >= 15 is 0 Å². The molecular weight excluding hydrogens is 226 g/mol. The van der Waals surface area contributed by atoms with Crippen LogP contribution in [0.2, 0.25) is 0 Å². The summed E-state index contributed by atoms with van der Waals surface area (Å²) in [5.41, 5.74) is 0.949. The molecule has 1 atom stereocenters. The van der Waals surface area contributed by atoms with Crippen LogP contribution in [0.1, 0.15) is 12.7 Å². The third-order valence-corrected chi connectivity index (χ3v) is 2.91. The van der Waals surface area contributed by atoms with Crippen molar-refractivity contribution in [2.24, 2.45) is 0 Å². The van der Waals surface area contributed by atoms with Crippen molar-refractivity contribution in [3.05, 3.63) is 54.7 Å². The van der Waals surface area contributed by atoms with Crippen LogP contribution in [0.5, 0.6) is 0 Å². The monoisotopic (exact) mass is 241 g/mol. The summed E-state index contributed by atoms with van der Waals surface area (Å²) in [5, 5.41) is 3.47. The first-order valence-corrected chi connectivity index (χ1v) is 6.04. The zero-order chi connectivity index (χ0) is 12.4. The van der Waals surface area contributed by atoms with Gasteiger partial charge < -0.3 is 9.73 Å². The van der Waals surface area contributed by atoms with Crippen LogP contribution in [-0.2, 0) is 6.42 Å². The van der Waals surface area contributed by atoms with E-state index in [1.54, 1.807) is 12.5 Å². The van der Waals surface area contributed by atoms with Gasteiger partial charge in [-0.2, -0.15) is 0 Å². The molecule has 1 N–H and O–H groups in total. The van der Waals surface area contributed by atoms with Gasteiger partial charge in [0.05, 0.1) is 6.26 Å². The summed E-state index contributed by atoms with van der Waals surface area (Å²) < 4.78 is 7.40. The van der Waals surface area contributed by atoms with Crippen molar-refractivity contribution in [2.75, 3.05) is 5.32 Å². The number of furan rings is 1. The summed E-state index contributed by atoms with van der Waals surface area (Å²) in [6.07, 6.45) is 6.33. The Hall–Kier alpha value is -2.23. The Balaban J connectivity index is 1.77. The Morgan fingerprint density at radius 2 is 2.28 bits per heavy atom. The Bertz CT molecular complexity index is 627. The van der Waals surface area contributed by atoms with Crippen molar-refractivity contribution >= 4 is 11.5 Å². The second-order valence-electron chi connectivity index (χ2n) is 4.40. The Morgan fingerprint density at radius 3 is 3.11 bits per heavy atom. The SMILES string of the molecule is CC(Cc1ccco1)Nc1cccc2nccn12. The van der Waals surface area contributed by atoms with E-state index in [0.717, 1.165) is 23.6 Å². The molecule has 18 heavy (non-hydrogen) atoms. The summed E-state index contributed by atoms with van der Waals surface area (Å²) in [5.74, 6) is 2.04. The maximum absolute atomic E-state index is 5.36. The fraction of sp³-hybridized carbons (Fsp3) is 0.214. The number of imidazole rings is 1. The average molecular weight is 241 g/mol. The van der Waals surface area contributed by atoms with Crippen molar-refractivity contribution in [3.8, 4) is 0 Å². The highest BCUT2D eigenvalue weighted by molar-refractivity contribution is 5.50. The van der Waals surface area contributed by atoms with Gasteiger partial charge in [0.2, 0.25) is 0 Å². The fourth-order valence-electron chi connectivity index (χ4n) is 2.10. The van der Waals surface area contributed by atoms with Crippen molar-refractivity contribution in [1.29, 1.82) is 0 Å². The van der Waals surface area contributed by atoms with Crippen LogP contribution in [0.15, 0.2) is 53.4 Å². The number of rotatable bonds is 4. The number of aromatic nitrogens is 2. The lowest BCUT2D eigenvalue weighted by atomic mass is 10.2. The molecule has 4 nitrogen and oxygen atoms in total. The lowest BCUT2D eigenvalue weighted by Gasteiger charge is -2.15. The Labute approximate surface area is 105 Å². The third-order valence-electron chi connectivity index (χ3n) is 2.91. The van der Waals surface area contributed by atoms with Gasteiger partial charge in [0, 0.05) is 24.9 Å². The molecule has 0 aliphatic rings. The lowest BCUT2D eigenvalue weighted by molar-refractivity contribution is 0.497. The molecule has 0 saturated heterocycles. The molecule has 3 rings (SSSR count). The van der Waals surface area contributed by atoms with Crippen LogP contribution >= 0.6 is 0 Å². The number of fused-ring (bicyclic) bond motifs is 1. The molecule has 3 aromatic heterocycles. The molecule has 1 unspecified atom stereocenters. The molecule has 0 fully saturated rings. The Kier molecular flexibility index (Phi) is 2.76. The maximum atomic E-state index is 5.36. The summed E-state index contributed by atoms with van der Waals surface area (Å²) in [6.45, 7) is 2.14. The van der Waals surface area contributed by atoms with E-state index in [4.69, 9.17) is 4.42 Å².